The third-order valence-corrected chi connectivity index (χ3v) is 5.13. The number of thiazole rings is 1. The molecule has 7 heteroatoms. The van der Waals surface area contributed by atoms with Crippen molar-refractivity contribution in [2.45, 2.75) is 13.3 Å². The predicted octanol–water partition coefficient (Wildman–Crippen LogP) is 4.10. The number of amides is 1. The second-order valence-electron chi connectivity index (χ2n) is 6.42. The average Bonchev–Trinajstić information content (AvgIpc) is 3.29. The van der Waals surface area contributed by atoms with Crippen LogP contribution in [-0.2, 0) is 18.3 Å². The van der Waals surface area contributed by atoms with Gasteiger partial charge in [-0.15, -0.1) is 11.3 Å². The van der Waals surface area contributed by atoms with Crippen LogP contribution in [0.5, 0.6) is 0 Å². The summed E-state index contributed by atoms with van der Waals surface area (Å²) in [6, 6.07) is 13.6. The Morgan fingerprint density at radius 3 is 2.64 bits per heavy atom. The SMILES string of the molecule is Cc1nc(-c2ccc(CC(=O)Nc3cnn(C)c3-c3ccccn3)cc2)cs1. The number of aromatic nitrogens is 4. The smallest absolute Gasteiger partial charge is 0.228 e. The Kier molecular flexibility index (Phi) is 4.99. The Hall–Kier alpha value is -3.32. The maximum Gasteiger partial charge on any atom is 0.228 e. The highest BCUT2D eigenvalue weighted by Crippen LogP contribution is 2.26. The van der Waals surface area contributed by atoms with Crippen LogP contribution in [0.15, 0.2) is 60.2 Å². The molecule has 1 N–H and O–H groups in total. The Labute approximate surface area is 166 Å². The van der Waals surface area contributed by atoms with E-state index < -0.39 is 0 Å². The molecule has 0 radical (unpaired) electrons. The van der Waals surface area contributed by atoms with Crippen molar-refractivity contribution in [3.63, 3.8) is 0 Å². The molecule has 4 aromatic rings. The molecule has 1 amide bonds. The quantitative estimate of drug-likeness (QED) is 0.558. The number of hydrogen-bond donors (Lipinski definition) is 1. The van der Waals surface area contributed by atoms with Gasteiger partial charge in [-0.2, -0.15) is 5.10 Å². The van der Waals surface area contributed by atoms with Crippen molar-refractivity contribution < 1.29 is 4.79 Å². The maximum atomic E-state index is 12.6. The number of hydrogen-bond acceptors (Lipinski definition) is 5. The first-order valence-electron chi connectivity index (χ1n) is 8.85. The number of aryl methyl sites for hydroxylation is 2. The Morgan fingerprint density at radius 1 is 1.14 bits per heavy atom. The van der Waals surface area contributed by atoms with Crippen LogP contribution in [0, 0.1) is 6.92 Å². The standard InChI is InChI=1S/C21H19N5OS/c1-14-24-19(13-28-14)16-8-6-15(7-9-16)11-20(27)25-18-12-23-26(2)21(18)17-5-3-4-10-22-17/h3-10,12-13H,11H2,1-2H3,(H,25,27). The second kappa shape index (κ2) is 7.74. The summed E-state index contributed by atoms with van der Waals surface area (Å²) in [7, 11) is 1.83. The summed E-state index contributed by atoms with van der Waals surface area (Å²) in [5, 5.41) is 10.3. The number of benzene rings is 1. The van der Waals surface area contributed by atoms with Gasteiger partial charge in [0.15, 0.2) is 0 Å². The molecule has 140 valence electrons. The number of nitrogens with zero attached hydrogens (tertiary/aromatic N) is 4. The summed E-state index contributed by atoms with van der Waals surface area (Å²) in [5.74, 6) is -0.0950. The van der Waals surface area contributed by atoms with E-state index >= 15 is 0 Å². The Balaban J connectivity index is 1.47. The van der Waals surface area contributed by atoms with Crippen molar-refractivity contribution in [1.82, 2.24) is 19.7 Å². The molecule has 0 saturated carbocycles. The van der Waals surface area contributed by atoms with Gasteiger partial charge in [0.25, 0.3) is 0 Å². The summed E-state index contributed by atoms with van der Waals surface area (Å²) in [6.07, 6.45) is 3.65. The minimum atomic E-state index is -0.0950. The zero-order valence-electron chi connectivity index (χ0n) is 15.6. The predicted molar refractivity (Wildman–Crippen MR) is 111 cm³/mol. The summed E-state index contributed by atoms with van der Waals surface area (Å²) < 4.78 is 1.71. The molecular formula is C21H19N5OS. The first-order chi connectivity index (χ1) is 13.6. The minimum absolute atomic E-state index is 0.0950. The van der Waals surface area contributed by atoms with Crippen LogP contribution in [-0.4, -0.2) is 25.7 Å². The Bertz CT molecular complexity index is 1100. The van der Waals surface area contributed by atoms with Crippen LogP contribution in [0.2, 0.25) is 0 Å². The highest BCUT2D eigenvalue weighted by molar-refractivity contribution is 7.09. The lowest BCUT2D eigenvalue weighted by Gasteiger charge is -2.08. The average molecular weight is 389 g/mol. The third-order valence-electron chi connectivity index (χ3n) is 4.35. The fourth-order valence-electron chi connectivity index (χ4n) is 3.00. The third kappa shape index (κ3) is 3.84. The summed E-state index contributed by atoms with van der Waals surface area (Å²) in [6.45, 7) is 1.99. The lowest BCUT2D eigenvalue weighted by molar-refractivity contribution is -0.115. The molecule has 0 atom stereocenters. The van der Waals surface area contributed by atoms with Gasteiger partial charge in [-0.1, -0.05) is 30.3 Å². The monoisotopic (exact) mass is 389 g/mol. The van der Waals surface area contributed by atoms with E-state index in [4.69, 9.17) is 0 Å². The number of carbonyl (C=O) groups is 1. The van der Waals surface area contributed by atoms with Crippen molar-refractivity contribution in [3.8, 4) is 22.6 Å². The molecule has 0 aliphatic heterocycles. The molecule has 0 unspecified atom stereocenters. The number of rotatable bonds is 5. The van der Waals surface area contributed by atoms with Gasteiger partial charge in [-0.05, 0) is 24.6 Å². The molecule has 0 aliphatic carbocycles. The van der Waals surface area contributed by atoms with E-state index in [1.54, 1.807) is 28.4 Å². The van der Waals surface area contributed by atoms with Gasteiger partial charge in [0.05, 0.1) is 34.7 Å². The topological polar surface area (TPSA) is 72.7 Å². The fraction of sp³-hybridized carbons (Fsp3) is 0.143. The first-order valence-corrected chi connectivity index (χ1v) is 9.73. The van der Waals surface area contributed by atoms with Crippen molar-refractivity contribution >= 4 is 22.9 Å². The molecule has 3 heterocycles. The molecule has 0 aliphatic rings. The highest BCUT2D eigenvalue weighted by atomic mass is 32.1. The molecule has 3 aromatic heterocycles. The van der Waals surface area contributed by atoms with E-state index in [0.717, 1.165) is 33.2 Å². The number of pyridine rings is 1. The van der Waals surface area contributed by atoms with E-state index in [9.17, 15) is 4.79 Å². The summed E-state index contributed by atoms with van der Waals surface area (Å²) >= 11 is 1.63. The summed E-state index contributed by atoms with van der Waals surface area (Å²) in [5.41, 5.74) is 5.16. The van der Waals surface area contributed by atoms with Gasteiger partial charge < -0.3 is 5.32 Å². The van der Waals surface area contributed by atoms with Gasteiger partial charge in [-0.25, -0.2) is 4.98 Å². The van der Waals surface area contributed by atoms with Gasteiger partial charge in [0.1, 0.15) is 5.69 Å². The van der Waals surface area contributed by atoms with Crippen LogP contribution >= 0.6 is 11.3 Å². The lowest BCUT2D eigenvalue weighted by atomic mass is 10.1. The highest BCUT2D eigenvalue weighted by Gasteiger charge is 2.14. The molecule has 0 bridgehead atoms. The molecule has 1 aromatic carbocycles. The largest absolute Gasteiger partial charge is 0.323 e. The second-order valence-corrected chi connectivity index (χ2v) is 7.48. The maximum absolute atomic E-state index is 12.6. The number of anilines is 1. The molecule has 0 saturated heterocycles. The van der Waals surface area contributed by atoms with E-state index in [1.165, 1.54) is 0 Å². The van der Waals surface area contributed by atoms with Crippen LogP contribution in [0.4, 0.5) is 5.69 Å². The van der Waals surface area contributed by atoms with E-state index in [1.807, 2.05) is 61.8 Å². The van der Waals surface area contributed by atoms with Crippen LogP contribution < -0.4 is 5.32 Å². The van der Waals surface area contributed by atoms with Gasteiger partial charge in [0.2, 0.25) is 5.91 Å². The van der Waals surface area contributed by atoms with E-state index in [0.29, 0.717) is 5.69 Å². The summed E-state index contributed by atoms with van der Waals surface area (Å²) in [4.78, 5) is 21.4. The zero-order valence-corrected chi connectivity index (χ0v) is 16.4. The van der Waals surface area contributed by atoms with Gasteiger partial charge in [-0.3, -0.25) is 14.5 Å². The van der Waals surface area contributed by atoms with Crippen LogP contribution in [0.1, 0.15) is 10.6 Å². The zero-order chi connectivity index (χ0) is 19.5. The first kappa shape index (κ1) is 18.1. The molecule has 0 fully saturated rings. The Morgan fingerprint density at radius 2 is 1.96 bits per heavy atom. The van der Waals surface area contributed by atoms with Crippen molar-refractivity contribution in [3.05, 3.63) is 70.8 Å². The normalized spacial score (nSPS) is 10.8. The molecule has 4 rings (SSSR count). The van der Waals surface area contributed by atoms with E-state index in [-0.39, 0.29) is 12.3 Å². The number of nitrogens with one attached hydrogen (secondary N) is 1. The fourth-order valence-corrected chi connectivity index (χ4v) is 3.63. The van der Waals surface area contributed by atoms with Gasteiger partial charge in [0, 0.05) is 24.2 Å². The molecule has 0 spiro atoms. The minimum Gasteiger partial charge on any atom is -0.323 e. The van der Waals surface area contributed by atoms with Gasteiger partial charge >= 0.3 is 0 Å². The van der Waals surface area contributed by atoms with Crippen molar-refractivity contribution in [2.75, 3.05) is 5.32 Å². The van der Waals surface area contributed by atoms with Crippen molar-refractivity contribution in [2.24, 2.45) is 7.05 Å². The van der Waals surface area contributed by atoms with Crippen LogP contribution in [0.25, 0.3) is 22.6 Å². The molecule has 6 nitrogen and oxygen atoms in total. The molecule has 28 heavy (non-hydrogen) atoms. The van der Waals surface area contributed by atoms with Crippen LogP contribution in [0.3, 0.4) is 0 Å². The lowest BCUT2D eigenvalue weighted by Crippen LogP contribution is -2.15. The molecular weight excluding hydrogens is 370 g/mol. The number of carbonyl (C=O) groups excluding carboxylic acids is 1. The van der Waals surface area contributed by atoms with E-state index in [2.05, 4.69) is 20.4 Å². The van der Waals surface area contributed by atoms with Crippen molar-refractivity contribution in [1.29, 1.82) is 0 Å².